The predicted octanol–water partition coefficient (Wildman–Crippen LogP) is 6.61. The Kier molecular flexibility index (Phi) is 4.87. The van der Waals surface area contributed by atoms with Crippen LogP contribution < -0.4 is 0 Å². The zero-order valence-electron chi connectivity index (χ0n) is 17.9. The Morgan fingerprint density at radius 1 is 0.677 bits per heavy atom. The summed E-state index contributed by atoms with van der Waals surface area (Å²) in [5.41, 5.74) is 6.41. The summed E-state index contributed by atoms with van der Waals surface area (Å²) in [5.74, 6) is 0.867. The third-order valence-electron chi connectivity index (χ3n) is 5.79. The molecule has 0 spiro atoms. The Morgan fingerprint density at radius 2 is 1.35 bits per heavy atom. The molecule has 0 fully saturated rings. The summed E-state index contributed by atoms with van der Waals surface area (Å²) in [6.45, 7) is 4.55. The Hall–Kier alpha value is -3.72. The first-order chi connectivity index (χ1) is 15.1. The molecule has 2 aromatic heterocycles. The van der Waals surface area contributed by atoms with Crippen LogP contribution in [0.25, 0.3) is 28.2 Å². The van der Waals surface area contributed by atoms with Crippen LogP contribution in [0.15, 0.2) is 103 Å². The van der Waals surface area contributed by atoms with Crippen LogP contribution in [0.1, 0.15) is 25.1 Å². The molecule has 0 aliphatic rings. The largest absolute Gasteiger partial charge is 0.291 e. The van der Waals surface area contributed by atoms with E-state index in [0.29, 0.717) is 0 Å². The van der Waals surface area contributed by atoms with E-state index in [1.807, 2.05) is 12.1 Å². The second-order valence-electron chi connectivity index (χ2n) is 8.54. The van der Waals surface area contributed by atoms with Crippen molar-refractivity contribution in [1.82, 2.24) is 14.5 Å². The van der Waals surface area contributed by atoms with Gasteiger partial charge in [-0.25, -0.2) is 9.97 Å². The van der Waals surface area contributed by atoms with E-state index in [1.54, 1.807) is 0 Å². The van der Waals surface area contributed by atoms with Crippen molar-refractivity contribution < 1.29 is 0 Å². The van der Waals surface area contributed by atoms with Crippen molar-refractivity contribution in [2.45, 2.75) is 25.7 Å². The van der Waals surface area contributed by atoms with Crippen molar-refractivity contribution >= 4 is 11.0 Å². The Balaban J connectivity index is 1.59. The van der Waals surface area contributed by atoms with E-state index in [9.17, 15) is 0 Å². The summed E-state index contributed by atoms with van der Waals surface area (Å²) < 4.78 is 2.20. The summed E-state index contributed by atoms with van der Waals surface area (Å²) in [4.78, 5) is 10.0. The lowest BCUT2D eigenvalue weighted by Gasteiger charge is -2.25. The second-order valence-corrected chi connectivity index (χ2v) is 8.54. The first-order valence-electron chi connectivity index (χ1n) is 10.7. The van der Waals surface area contributed by atoms with Gasteiger partial charge in [-0.15, -0.1) is 0 Å². The molecule has 0 atom stereocenters. The fourth-order valence-corrected chi connectivity index (χ4v) is 4.18. The average molecular weight is 404 g/mol. The monoisotopic (exact) mass is 403 g/mol. The van der Waals surface area contributed by atoms with Gasteiger partial charge < -0.3 is 0 Å². The number of hydrogen-bond donors (Lipinski definition) is 0. The topological polar surface area (TPSA) is 30.7 Å². The van der Waals surface area contributed by atoms with E-state index >= 15 is 0 Å². The van der Waals surface area contributed by atoms with Crippen LogP contribution in [0.3, 0.4) is 0 Å². The van der Waals surface area contributed by atoms with E-state index in [2.05, 4.69) is 109 Å². The molecule has 31 heavy (non-hydrogen) atoms. The van der Waals surface area contributed by atoms with E-state index in [-0.39, 0.29) is 5.41 Å². The van der Waals surface area contributed by atoms with E-state index in [4.69, 9.17) is 9.97 Å². The molecule has 0 aliphatic carbocycles. The zero-order valence-corrected chi connectivity index (χ0v) is 17.9. The molecule has 2 heterocycles. The van der Waals surface area contributed by atoms with E-state index in [1.165, 1.54) is 5.56 Å². The minimum Gasteiger partial charge on any atom is -0.291 e. The van der Waals surface area contributed by atoms with Gasteiger partial charge >= 0.3 is 0 Å². The molecule has 0 amide bonds. The van der Waals surface area contributed by atoms with Gasteiger partial charge in [0.25, 0.3) is 0 Å². The number of pyridine rings is 1. The fourth-order valence-electron chi connectivity index (χ4n) is 4.18. The quantitative estimate of drug-likeness (QED) is 0.331. The highest BCUT2D eigenvalue weighted by atomic mass is 15.1. The number of imidazole rings is 1. The molecule has 0 bridgehead atoms. The highest BCUT2D eigenvalue weighted by Crippen LogP contribution is 2.30. The standard InChI is InChI=1S/C28H25N3/c1-28(2,21-12-5-3-6-13-21)20-22-14-11-18-25(29-22)27-30-24-17-9-10-19-26(24)31(27)23-15-7-4-8-16-23/h3-19H,20H2,1-2H3. The van der Waals surface area contributed by atoms with Crippen LogP contribution in [0.4, 0.5) is 0 Å². The molecule has 152 valence electrons. The molecule has 0 aliphatic heterocycles. The molecule has 0 saturated carbocycles. The fraction of sp³-hybridized carbons (Fsp3) is 0.143. The number of hydrogen-bond acceptors (Lipinski definition) is 2. The van der Waals surface area contributed by atoms with Crippen molar-refractivity contribution in [2.24, 2.45) is 0 Å². The summed E-state index contributed by atoms with van der Waals surface area (Å²) in [7, 11) is 0. The van der Waals surface area contributed by atoms with Crippen LogP contribution in [0.2, 0.25) is 0 Å². The Morgan fingerprint density at radius 3 is 2.13 bits per heavy atom. The Labute approximate surface area is 183 Å². The number of benzene rings is 3. The zero-order chi connectivity index (χ0) is 21.3. The third-order valence-corrected chi connectivity index (χ3v) is 5.79. The van der Waals surface area contributed by atoms with Crippen LogP contribution in [0, 0.1) is 0 Å². The number of nitrogens with zero attached hydrogens (tertiary/aromatic N) is 3. The van der Waals surface area contributed by atoms with E-state index in [0.717, 1.165) is 40.4 Å². The highest BCUT2D eigenvalue weighted by molar-refractivity contribution is 5.82. The lowest BCUT2D eigenvalue weighted by Crippen LogP contribution is -2.21. The first kappa shape index (κ1) is 19.3. The first-order valence-corrected chi connectivity index (χ1v) is 10.7. The highest BCUT2D eigenvalue weighted by Gasteiger charge is 2.22. The average Bonchev–Trinajstić information content (AvgIpc) is 3.20. The van der Waals surface area contributed by atoms with Gasteiger partial charge in [-0.1, -0.05) is 80.6 Å². The molecule has 3 heteroatoms. The maximum atomic E-state index is 5.05. The molecule has 3 nitrogen and oxygen atoms in total. The van der Waals surface area contributed by atoms with Crippen LogP contribution in [0.5, 0.6) is 0 Å². The number of aromatic nitrogens is 3. The van der Waals surface area contributed by atoms with Gasteiger partial charge in [0.05, 0.1) is 11.0 Å². The van der Waals surface area contributed by atoms with Gasteiger partial charge in [0, 0.05) is 11.4 Å². The van der Waals surface area contributed by atoms with Gasteiger partial charge in [0.1, 0.15) is 5.69 Å². The smallest absolute Gasteiger partial charge is 0.164 e. The van der Waals surface area contributed by atoms with Gasteiger partial charge in [-0.2, -0.15) is 0 Å². The van der Waals surface area contributed by atoms with Gasteiger partial charge in [0.15, 0.2) is 5.82 Å². The van der Waals surface area contributed by atoms with Crippen LogP contribution >= 0.6 is 0 Å². The van der Waals surface area contributed by atoms with Gasteiger partial charge in [0.2, 0.25) is 0 Å². The minimum atomic E-state index is -0.00749. The van der Waals surface area contributed by atoms with Gasteiger partial charge in [-0.05, 0) is 53.8 Å². The van der Waals surface area contributed by atoms with Crippen molar-refractivity contribution in [3.05, 3.63) is 114 Å². The molecule has 5 rings (SSSR count). The predicted molar refractivity (Wildman–Crippen MR) is 127 cm³/mol. The number of para-hydroxylation sites is 3. The summed E-state index contributed by atoms with van der Waals surface area (Å²) in [5, 5.41) is 0. The van der Waals surface area contributed by atoms with Crippen molar-refractivity contribution in [1.29, 1.82) is 0 Å². The van der Waals surface area contributed by atoms with E-state index < -0.39 is 0 Å². The van der Waals surface area contributed by atoms with Crippen molar-refractivity contribution in [2.75, 3.05) is 0 Å². The molecule has 3 aromatic carbocycles. The number of fused-ring (bicyclic) bond motifs is 1. The maximum Gasteiger partial charge on any atom is 0.164 e. The second kappa shape index (κ2) is 7.84. The molecule has 0 unspecified atom stereocenters. The summed E-state index contributed by atoms with van der Waals surface area (Å²) in [6.07, 6.45) is 0.858. The van der Waals surface area contributed by atoms with Crippen LogP contribution in [-0.4, -0.2) is 14.5 Å². The lowest BCUT2D eigenvalue weighted by molar-refractivity contribution is 0.515. The molecular weight excluding hydrogens is 378 g/mol. The third kappa shape index (κ3) is 3.75. The summed E-state index contributed by atoms with van der Waals surface area (Å²) >= 11 is 0. The summed E-state index contributed by atoms with van der Waals surface area (Å²) in [6, 6.07) is 35.5. The van der Waals surface area contributed by atoms with Crippen molar-refractivity contribution in [3.63, 3.8) is 0 Å². The minimum absolute atomic E-state index is 0.00749. The normalized spacial score (nSPS) is 11.7. The lowest BCUT2D eigenvalue weighted by atomic mass is 9.80. The molecule has 0 saturated heterocycles. The maximum absolute atomic E-state index is 5.05. The van der Waals surface area contributed by atoms with Gasteiger partial charge in [-0.3, -0.25) is 4.57 Å². The van der Waals surface area contributed by atoms with Crippen molar-refractivity contribution in [3.8, 4) is 17.2 Å². The molecule has 0 N–H and O–H groups in total. The molecule has 0 radical (unpaired) electrons. The number of rotatable bonds is 5. The Bertz CT molecular complexity index is 1320. The molecule has 5 aromatic rings. The SMILES string of the molecule is CC(C)(Cc1cccc(-c2nc3ccccc3n2-c2ccccc2)n1)c1ccccc1. The van der Waals surface area contributed by atoms with Crippen LogP contribution in [-0.2, 0) is 11.8 Å². The molecular formula is C28H25N3.